The number of methoxy groups -OCH3 is 1. The van der Waals surface area contributed by atoms with Crippen molar-refractivity contribution < 1.29 is 13.9 Å². The fourth-order valence-electron chi connectivity index (χ4n) is 9.64. The van der Waals surface area contributed by atoms with Crippen LogP contribution < -0.4 is 10.7 Å². The fraction of sp³-hybridized carbons (Fsp3) is 0.719. The minimum Gasteiger partial charge on any atom is -0.469 e. The van der Waals surface area contributed by atoms with Gasteiger partial charge >= 0.3 is 5.97 Å². The molecule has 0 aromatic heterocycles. The molecule has 39 heavy (non-hydrogen) atoms. The third-order valence-electron chi connectivity index (χ3n) is 11.7. The number of carbonyl (C=O) groups excluding carboxylic acids is 1. The average molecular weight is 556 g/mol. The Labute approximate surface area is 239 Å². The van der Waals surface area contributed by atoms with Gasteiger partial charge in [0.1, 0.15) is 5.82 Å². The van der Waals surface area contributed by atoms with E-state index in [1.54, 1.807) is 12.1 Å². The quantitative estimate of drug-likeness (QED) is 0.214. The molecule has 0 radical (unpaired) electrons. The monoisotopic (exact) mass is 555 g/mol. The van der Waals surface area contributed by atoms with Crippen molar-refractivity contribution in [2.75, 3.05) is 12.4 Å². The molecule has 5 nitrogen and oxygen atoms in total. The summed E-state index contributed by atoms with van der Waals surface area (Å²) in [5.74, 6) is 4.08. The number of hydrogen-bond donors (Lipinski definition) is 2. The first-order chi connectivity index (χ1) is 18.6. The first-order valence-electron chi connectivity index (χ1n) is 15.1. The summed E-state index contributed by atoms with van der Waals surface area (Å²) in [5, 5.41) is 8.12. The maximum atomic E-state index is 13.5. The van der Waals surface area contributed by atoms with E-state index in [0.717, 1.165) is 42.9 Å². The Bertz CT molecular complexity index is 1110. The summed E-state index contributed by atoms with van der Waals surface area (Å²) in [6.07, 6.45) is 12.7. The van der Waals surface area contributed by atoms with Crippen molar-refractivity contribution in [2.24, 2.45) is 51.4 Å². The van der Waals surface area contributed by atoms with Crippen molar-refractivity contribution in [3.63, 3.8) is 0 Å². The topological polar surface area (TPSA) is 62.7 Å². The SMILES string of the molecule is COC(=O)CC[C@@H](C)[C@H]1CC[C@H]2[C@@H]3CC[C@@H]4C/C(=N/NC(=S)Nc5cccc(F)c5)CC[C@]4(C)[C@H]3CC[C@]12C. The van der Waals surface area contributed by atoms with Gasteiger partial charge in [0.05, 0.1) is 7.11 Å². The van der Waals surface area contributed by atoms with Gasteiger partial charge in [-0.1, -0.05) is 26.8 Å². The fourth-order valence-corrected chi connectivity index (χ4v) is 9.80. The number of ether oxygens (including phenoxy) is 1. The molecule has 0 aliphatic heterocycles. The van der Waals surface area contributed by atoms with E-state index in [-0.39, 0.29) is 11.8 Å². The molecule has 0 saturated heterocycles. The van der Waals surface area contributed by atoms with Gasteiger partial charge in [0.25, 0.3) is 0 Å². The summed E-state index contributed by atoms with van der Waals surface area (Å²) < 4.78 is 18.4. The third kappa shape index (κ3) is 5.62. The van der Waals surface area contributed by atoms with Crippen LogP contribution in [0.2, 0.25) is 0 Å². The molecular formula is C32H46FN3O2S. The molecule has 214 valence electrons. The number of halogens is 1. The van der Waals surface area contributed by atoms with E-state index in [2.05, 4.69) is 31.5 Å². The molecule has 0 amide bonds. The van der Waals surface area contributed by atoms with Crippen LogP contribution in [0.3, 0.4) is 0 Å². The molecule has 7 heteroatoms. The molecule has 4 aliphatic rings. The number of rotatable bonds is 6. The van der Waals surface area contributed by atoms with E-state index >= 15 is 0 Å². The number of nitrogens with one attached hydrogen (secondary N) is 2. The Hall–Kier alpha value is -2.02. The predicted octanol–water partition coefficient (Wildman–Crippen LogP) is 7.72. The predicted molar refractivity (Wildman–Crippen MR) is 159 cm³/mol. The van der Waals surface area contributed by atoms with Crippen molar-refractivity contribution in [3.05, 3.63) is 30.1 Å². The lowest BCUT2D eigenvalue weighted by atomic mass is 9.44. The number of nitrogens with zero attached hydrogens (tertiary/aromatic N) is 1. The van der Waals surface area contributed by atoms with Crippen LogP contribution in [-0.4, -0.2) is 23.9 Å². The summed E-state index contributed by atoms with van der Waals surface area (Å²) in [7, 11) is 1.50. The molecule has 0 heterocycles. The van der Waals surface area contributed by atoms with Crippen LogP contribution in [0.5, 0.6) is 0 Å². The van der Waals surface area contributed by atoms with Gasteiger partial charge in [0.15, 0.2) is 5.11 Å². The van der Waals surface area contributed by atoms with Gasteiger partial charge in [-0.3, -0.25) is 10.2 Å². The van der Waals surface area contributed by atoms with Crippen LogP contribution in [0.25, 0.3) is 0 Å². The smallest absolute Gasteiger partial charge is 0.305 e. The van der Waals surface area contributed by atoms with E-state index in [9.17, 15) is 9.18 Å². The second-order valence-electron chi connectivity index (χ2n) is 13.4. The van der Waals surface area contributed by atoms with Gasteiger partial charge in [-0.2, -0.15) is 5.10 Å². The van der Waals surface area contributed by atoms with Gasteiger partial charge in [-0.05, 0) is 141 Å². The van der Waals surface area contributed by atoms with Crippen molar-refractivity contribution in [2.45, 2.75) is 91.4 Å². The number of fused-ring (bicyclic) bond motifs is 5. The Kier molecular flexibility index (Phi) is 8.38. The molecule has 2 N–H and O–H groups in total. The van der Waals surface area contributed by atoms with Crippen LogP contribution in [0, 0.1) is 52.2 Å². The second-order valence-corrected chi connectivity index (χ2v) is 13.8. The van der Waals surface area contributed by atoms with Crippen LogP contribution in [0.1, 0.15) is 91.4 Å². The van der Waals surface area contributed by atoms with Crippen LogP contribution in [0.4, 0.5) is 10.1 Å². The first kappa shape index (κ1) is 28.5. The highest BCUT2D eigenvalue weighted by Crippen LogP contribution is 2.68. The zero-order valence-electron chi connectivity index (χ0n) is 24.1. The van der Waals surface area contributed by atoms with Crippen molar-refractivity contribution >= 4 is 34.7 Å². The molecule has 1 aromatic rings. The highest BCUT2D eigenvalue weighted by atomic mass is 32.1. The lowest BCUT2D eigenvalue weighted by Gasteiger charge is -2.61. The lowest BCUT2D eigenvalue weighted by Crippen LogP contribution is -2.54. The van der Waals surface area contributed by atoms with Crippen molar-refractivity contribution in [3.8, 4) is 0 Å². The average Bonchev–Trinajstić information content (AvgIpc) is 3.27. The summed E-state index contributed by atoms with van der Waals surface area (Å²) in [6, 6.07) is 6.30. The molecule has 1 aromatic carbocycles. The zero-order valence-corrected chi connectivity index (χ0v) is 24.9. The van der Waals surface area contributed by atoms with Gasteiger partial charge in [-0.25, -0.2) is 4.39 Å². The van der Waals surface area contributed by atoms with Gasteiger partial charge < -0.3 is 10.1 Å². The minimum absolute atomic E-state index is 0.0726. The van der Waals surface area contributed by atoms with E-state index in [1.807, 2.05) is 0 Å². The number of anilines is 1. The number of hydrazone groups is 1. The summed E-state index contributed by atoms with van der Waals surface area (Å²) in [6.45, 7) is 7.55. The highest BCUT2D eigenvalue weighted by molar-refractivity contribution is 7.80. The van der Waals surface area contributed by atoms with Gasteiger partial charge in [0.2, 0.25) is 0 Å². The van der Waals surface area contributed by atoms with Crippen LogP contribution >= 0.6 is 12.2 Å². The number of hydrogen-bond acceptors (Lipinski definition) is 4. The largest absolute Gasteiger partial charge is 0.469 e. The molecule has 8 atom stereocenters. The second kappa shape index (κ2) is 11.5. The van der Waals surface area contributed by atoms with Crippen molar-refractivity contribution in [1.29, 1.82) is 0 Å². The standard InChI is InChI=1S/C32H46FN3O2S/c1-20(8-13-29(37)38-4)26-11-12-27-25-10-9-21-18-24(14-16-31(21,2)28(25)15-17-32(26,27)3)35-36-30(39)34-23-7-5-6-22(33)19-23/h5-7,19-21,25-28H,8-18H2,1-4H3,(H2,34,36,39)/b35-24+/t20-,21-,25+,26-,27+,28+,31+,32-/m1/s1. The lowest BCUT2D eigenvalue weighted by molar-refractivity contribution is -0.141. The van der Waals surface area contributed by atoms with Crippen LogP contribution in [0.15, 0.2) is 29.4 Å². The minimum atomic E-state index is -0.291. The Morgan fingerprint density at radius 1 is 1.15 bits per heavy atom. The molecule has 5 rings (SSSR count). The summed E-state index contributed by atoms with van der Waals surface area (Å²) in [4.78, 5) is 11.8. The van der Waals surface area contributed by atoms with Gasteiger partial charge in [0, 0.05) is 17.8 Å². The van der Waals surface area contributed by atoms with Crippen molar-refractivity contribution in [1.82, 2.24) is 5.43 Å². The molecule has 0 spiro atoms. The van der Waals surface area contributed by atoms with Crippen LogP contribution in [-0.2, 0) is 9.53 Å². The maximum absolute atomic E-state index is 13.5. The maximum Gasteiger partial charge on any atom is 0.305 e. The Morgan fingerprint density at radius 3 is 2.72 bits per heavy atom. The number of benzene rings is 1. The third-order valence-corrected chi connectivity index (χ3v) is 11.9. The number of esters is 1. The summed E-state index contributed by atoms with van der Waals surface area (Å²) in [5.41, 5.74) is 5.64. The molecule has 4 fully saturated rings. The zero-order chi connectivity index (χ0) is 27.8. The highest BCUT2D eigenvalue weighted by Gasteiger charge is 2.60. The van der Waals surface area contributed by atoms with E-state index < -0.39 is 0 Å². The van der Waals surface area contributed by atoms with Gasteiger partial charge in [-0.15, -0.1) is 0 Å². The molecular weight excluding hydrogens is 509 g/mol. The number of thiocarbonyl (C=S) groups is 1. The Morgan fingerprint density at radius 2 is 1.95 bits per heavy atom. The van der Waals surface area contributed by atoms with E-state index in [1.165, 1.54) is 69.9 Å². The number of carbonyl (C=O) groups is 1. The Balaban J connectivity index is 1.20. The molecule has 0 bridgehead atoms. The molecule has 0 unspecified atom stereocenters. The van der Waals surface area contributed by atoms with E-state index in [4.69, 9.17) is 22.1 Å². The molecule has 4 saturated carbocycles. The van der Waals surface area contributed by atoms with E-state index in [0.29, 0.717) is 39.9 Å². The summed E-state index contributed by atoms with van der Waals surface area (Å²) >= 11 is 5.40. The first-order valence-corrected chi connectivity index (χ1v) is 15.5. The molecule has 4 aliphatic carbocycles. The normalized spacial score (nSPS) is 37.3.